The number of rotatable bonds is 7. The third kappa shape index (κ3) is 4.88. The van der Waals surface area contributed by atoms with Crippen LogP contribution in [0.15, 0.2) is 12.4 Å². The Kier molecular flexibility index (Phi) is 5.65. The topological polar surface area (TPSA) is 39.1 Å². The summed E-state index contributed by atoms with van der Waals surface area (Å²) in [6.07, 6.45) is 4.27. The van der Waals surface area contributed by atoms with Gasteiger partial charge in [0.25, 0.3) is 0 Å². The Morgan fingerprint density at radius 1 is 1.35 bits per heavy atom. The van der Waals surface area contributed by atoms with Gasteiger partial charge in [0, 0.05) is 18.8 Å². The minimum absolute atomic E-state index is 0.304. The van der Waals surface area contributed by atoms with Crippen LogP contribution in [0.5, 0.6) is 0 Å². The fourth-order valence-corrected chi connectivity index (χ4v) is 1.64. The van der Waals surface area contributed by atoms with Crippen molar-refractivity contribution in [3.05, 3.63) is 18.0 Å². The molecule has 1 rings (SSSR count). The molecule has 2 atom stereocenters. The molecular weight excluding hydrogens is 214 g/mol. The van der Waals surface area contributed by atoms with Crippen molar-refractivity contribution in [2.75, 3.05) is 13.2 Å². The number of nitrogens with zero attached hydrogens (tertiary/aromatic N) is 2. The molecule has 0 saturated carbocycles. The smallest absolute Gasteiger partial charge is 0.0641 e. The second-order valence-electron chi connectivity index (χ2n) is 4.90. The van der Waals surface area contributed by atoms with E-state index in [1.54, 1.807) is 0 Å². The summed E-state index contributed by atoms with van der Waals surface area (Å²) in [6.45, 7) is 12.2. The van der Waals surface area contributed by atoms with E-state index >= 15 is 0 Å². The van der Waals surface area contributed by atoms with Gasteiger partial charge in [-0.1, -0.05) is 0 Å². The van der Waals surface area contributed by atoms with E-state index in [2.05, 4.69) is 51.2 Å². The first kappa shape index (κ1) is 14.2. The molecule has 1 aromatic heterocycles. The zero-order valence-corrected chi connectivity index (χ0v) is 11.6. The lowest BCUT2D eigenvalue weighted by molar-refractivity contribution is 0.0786. The van der Waals surface area contributed by atoms with Gasteiger partial charge >= 0.3 is 0 Å². The number of aryl methyl sites for hydroxylation is 1. The summed E-state index contributed by atoms with van der Waals surface area (Å²) < 4.78 is 7.51. The molecule has 0 saturated heterocycles. The molecule has 0 aliphatic rings. The average molecular weight is 239 g/mol. The Morgan fingerprint density at radius 2 is 2.06 bits per heavy atom. The second kappa shape index (κ2) is 6.77. The van der Waals surface area contributed by atoms with Crippen LogP contribution in [0, 0.1) is 6.92 Å². The van der Waals surface area contributed by atoms with E-state index in [0.29, 0.717) is 18.2 Å². The quantitative estimate of drug-likeness (QED) is 0.741. The highest BCUT2D eigenvalue weighted by atomic mass is 16.5. The van der Waals surface area contributed by atoms with E-state index < -0.39 is 0 Å². The molecule has 17 heavy (non-hydrogen) atoms. The summed E-state index contributed by atoms with van der Waals surface area (Å²) in [5.41, 5.74) is 1.20. The van der Waals surface area contributed by atoms with Gasteiger partial charge in [0.05, 0.1) is 24.9 Å². The lowest BCUT2D eigenvalue weighted by atomic mass is 10.2. The van der Waals surface area contributed by atoms with Crippen LogP contribution in [-0.2, 0) is 4.74 Å². The fourth-order valence-electron chi connectivity index (χ4n) is 1.64. The normalized spacial score (nSPS) is 15.2. The fraction of sp³-hybridized carbons (Fsp3) is 0.769. The summed E-state index contributed by atoms with van der Waals surface area (Å²) in [6, 6.07) is 0.729. The second-order valence-corrected chi connectivity index (χ2v) is 4.90. The van der Waals surface area contributed by atoms with Gasteiger partial charge in [0.1, 0.15) is 0 Å². The summed E-state index contributed by atoms with van der Waals surface area (Å²) >= 11 is 0. The molecule has 0 unspecified atom stereocenters. The van der Waals surface area contributed by atoms with E-state index in [-0.39, 0.29) is 0 Å². The molecule has 4 nitrogen and oxygen atoms in total. The summed E-state index contributed by atoms with van der Waals surface area (Å²) in [7, 11) is 0. The number of hydrogen-bond donors (Lipinski definition) is 1. The number of hydrogen-bond acceptors (Lipinski definition) is 3. The lowest BCUT2D eigenvalue weighted by Crippen LogP contribution is -2.36. The van der Waals surface area contributed by atoms with Crippen LogP contribution in [0.25, 0.3) is 0 Å². The predicted octanol–water partition coefficient (Wildman–Crippen LogP) is 2.16. The molecule has 0 fully saturated rings. The largest absolute Gasteiger partial charge is 0.377 e. The molecule has 1 N–H and O–H groups in total. The van der Waals surface area contributed by atoms with Crippen molar-refractivity contribution in [3.8, 4) is 0 Å². The van der Waals surface area contributed by atoms with E-state index in [9.17, 15) is 0 Å². The van der Waals surface area contributed by atoms with E-state index in [1.165, 1.54) is 5.56 Å². The van der Waals surface area contributed by atoms with E-state index in [4.69, 9.17) is 4.74 Å². The third-order valence-corrected chi connectivity index (χ3v) is 2.89. The molecule has 0 amide bonds. The molecule has 0 bridgehead atoms. The van der Waals surface area contributed by atoms with Gasteiger partial charge in [-0.25, -0.2) is 0 Å². The highest BCUT2D eigenvalue weighted by molar-refractivity contribution is 5.00. The molecule has 0 aromatic carbocycles. The molecule has 1 aromatic rings. The van der Waals surface area contributed by atoms with Crippen molar-refractivity contribution in [1.82, 2.24) is 15.1 Å². The number of aromatic nitrogens is 2. The van der Waals surface area contributed by atoms with E-state index in [0.717, 1.165) is 13.2 Å². The maximum Gasteiger partial charge on any atom is 0.0641 e. The third-order valence-electron chi connectivity index (χ3n) is 2.89. The first-order valence-electron chi connectivity index (χ1n) is 6.36. The Labute approximate surface area is 104 Å². The lowest BCUT2D eigenvalue weighted by Gasteiger charge is -2.22. The van der Waals surface area contributed by atoms with Crippen molar-refractivity contribution in [2.45, 2.75) is 52.8 Å². The minimum Gasteiger partial charge on any atom is -0.377 e. The van der Waals surface area contributed by atoms with Crippen LogP contribution in [0.3, 0.4) is 0 Å². The molecular formula is C13H25N3O. The van der Waals surface area contributed by atoms with Crippen LogP contribution in [0.4, 0.5) is 0 Å². The standard InChI is InChI=1S/C13H25N3O/c1-10(2)17-7-6-14-12(4)13(5)16-9-11(3)8-15-16/h8-10,12-14H,6-7H2,1-5H3/t12-,13-/m0/s1. The van der Waals surface area contributed by atoms with Crippen molar-refractivity contribution >= 4 is 0 Å². The van der Waals surface area contributed by atoms with Crippen LogP contribution < -0.4 is 5.32 Å². The molecule has 0 aliphatic carbocycles. The first-order valence-corrected chi connectivity index (χ1v) is 6.36. The molecule has 0 aliphatic heterocycles. The highest BCUT2D eigenvalue weighted by Gasteiger charge is 2.13. The van der Waals surface area contributed by atoms with Gasteiger partial charge in [-0.05, 0) is 40.2 Å². The highest BCUT2D eigenvalue weighted by Crippen LogP contribution is 2.10. The predicted molar refractivity (Wildman–Crippen MR) is 70.2 cm³/mol. The van der Waals surface area contributed by atoms with Crippen molar-refractivity contribution < 1.29 is 4.74 Å². The van der Waals surface area contributed by atoms with E-state index in [1.807, 2.05) is 10.9 Å². The van der Waals surface area contributed by atoms with Crippen LogP contribution in [0.1, 0.15) is 39.3 Å². The zero-order chi connectivity index (χ0) is 12.8. The summed E-state index contributed by atoms with van der Waals surface area (Å²) in [4.78, 5) is 0. The SMILES string of the molecule is Cc1cnn([C@@H](C)[C@H](C)NCCOC(C)C)c1. The monoisotopic (exact) mass is 239 g/mol. The van der Waals surface area contributed by atoms with Gasteiger partial charge in [0.2, 0.25) is 0 Å². The molecule has 98 valence electrons. The Hall–Kier alpha value is -0.870. The van der Waals surface area contributed by atoms with Gasteiger partial charge in [-0.3, -0.25) is 4.68 Å². The average Bonchev–Trinajstić information content (AvgIpc) is 2.69. The van der Waals surface area contributed by atoms with Gasteiger partial charge in [0.15, 0.2) is 0 Å². The molecule has 0 spiro atoms. The molecule has 4 heteroatoms. The molecule has 1 heterocycles. The maximum absolute atomic E-state index is 5.50. The van der Waals surface area contributed by atoms with Crippen LogP contribution in [0.2, 0.25) is 0 Å². The van der Waals surface area contributed by atoms with Gasteiger partial charge < -0.3 is 10.1 Å². The Morgan fingerprint density at radius 3 is 2.59 bits per heavy atom. The van der Waals surface area contributed by atoms with Crippen molar-refractivity contribution in [2.24, 2.45) is 0 Å². The molecule has 0 radical (unpaired) electrons. The van der Waals surface area contributed by atoms with Crippen molar-refractivity contribution in [1.29, 1.82) is 0 Å². The summed E-state index contributed by atoms with van der Waals surface area (Å²) in [5.74, 6) is 0. The minimum atomic E-state index is 0.304. The Bertz CT molecular complexity index is 322. The Balaban J connectivity index is 2.29. The summed E-state index contributed by atoms with van der Waals surface area (Å²) in [5, 5.41) is 7.80. The first-order chi connectivity index (χ1) is 8.00. The zero-order valence-electron chi connectivity index (χ0n) is 11.6. The van der Waals surface area contributed by atoms with Crippen LogP contribution in [-0.4, -0.2) is 35.1 Å². The van der Waals surface area contributed by atoms with Gasteiger partial charge in [-0.2, -0.15) is 5.10 Å². The van der Waals surface area contributed by atoms with Crippen molar-refractivity contribution in [3.63, 3.8) is 0 Å². The maximum atomic E-state index is 5.50. The van der Waals surface area contributed by atoms with Gasteiger partial charge in [-0.15, -0.1) is 0 Å². The number of ether oxygens (including phenoxy) is 1. The van der Waals surface area contributed by atoms with Crippen LogP contribution >= 0.6 is 0 Å². The number of nitrogens with one attached hydrogen (secondary N) is 1.